The number of benzene rings is 2. The number of carbonyl (C=O) groups is 1. The zero-order valence-electron chi connectivity index (χ0n) is 13.3. The number of nitrogens with one attached hydrogen (secondary N) is 1. The summed E-state index contributed by atoms with van der Waals surface area (Å²) in [4.78, 5) is 12.0. The average molecular weight is 297 g/mol. The number of aryl methyl sites for hydroxylation is 2. The molecule has 0 heterocycles. The maximum absolute atomic E-state index is 12.0. The molecule has 0 bridgehead atoms. The van der Waals surface area contributed by atoms with Crippen LogP contribution >= 0.6 is 0 Å². The molecule has 2 aromatic rings. The van der Waals surface area contributed by atoms with E-state index in [0.29, 0.717) is 12.8 Å². The van der Waals surface area contributed by atoms with Crippen LogP contribution in [-0.4, -0.2) is 13.0 Å². The topological polar surface area (TPSA) is 38.3 Å². The highest BCUT2D eigenvalue weighted by Crippen LogP contribution is 2.19. The number of hydrogen-bond donors (Lipinski definition) is 1. The summed E-state index contributed by atoms with van der Waals surface area (Å²) in [5.74, 6) is 0.855. The van der Waals surface area contributed by atoms with Crippen molar-refractivity contribution < 1.29 is 9.53 Å². The SMILES string of the molecule is CCCc1ccc(NC(=O)CCc2ccccc2OC)cc1. The average Bonchev–Trinajstić information content (AvgIpc) is 2.55. The molecule has 1 N–H and O–H groups in total. The molecule has 0 aromatic heterocycles. The van der Waals surface area contributed by atoms with Gasteiger partial charge in [-0.25, -0.2) is 0 Å². The Hall–Kier alpha value is -2.29. The number of ether oxygens (including phenoxy) is 1. The first-order valence-corrected chi connectivity index (χ1v) is 7.73. The highest BCUT2D eigenvalue weighted by molar-refractivity contribution is 5.90. The third-order valence-electron chi connectivity index (χ3n) is 3.59. The number of methoxy groups -OCH3 is 1. The number of anilines is 1. The van der Waals surface area contributed by atoms with Crippen molar-refractivity contribution in [1.29, 1.82) is 0 Å². The van der Waals surface area contributed by atoms with Crippen molar-refractivity contribution in [3.05, 3.63) is 59.7 Å². The minimum atomic E-state index is 0.0224. The van der Waals surface area contributed by atoms with Crippen LogP contribution in [0.5, 0.6) is 5.75 Å². The fourth-order valence-electron chi connectivity index (χ4n) is 2.42. The van der Waals surface area contributed by atoms with E-state index in [1.165, 1.54) is 5.56 Å². The summed E-state index contributed by atoms with van der Waals surface area (Å²) in [5, 5.41) is 2.94. The Balaban J connectivity index is 1.87. The Morgan fingerprint density at radius 1 is 1.05 bits per heavy atom. The number of para-hydroxylation sites is 1. The molecular weight excluding hydrogens is 274 g/mol. The van der Waals surface area contributed by atoms with Gasteiger partial charge >= 0.3 is 0 Å². The quantitative estimate of drug-likeness (QED) is 0.831. The lowest BCUT2D eigenvalue weighted by Gasteiger charge is -2.09. The molecule has 3 nitrogen and oxygen atoms in total. The van der Waals surface area contributed by atoms with Crippen molar-refractivity contribution in [3.8, 4) is 5.75 Å². The molecule has 0 aliphatic carbocycles. The number of amides is 1. The Kier molecular flexibility index (Phi) is 6.01. The summed E-state index contributed by atoms with van der Waals surface area (Å²) in [6.45, 7) is 2.16. The van der Waals surface area contributed by atoms with Crippen molar-refractivity contribution in [1.82, 2.24) is 0 Å². The van der Waals surface area contributed by atoms with Gasteiger partial charge in [0.25, 0.3) is 0 Å². The zero-order chi connectivity index (χ0) is 15.8. The van der Waals surface area contributed by atoms with Crippen LogP contribution in [0.3, 0.4) is 0 Å². The van der Waals surface area contributed by atoms with Gasteiger partial charge in [-0.15, -0.1) is 0 Å². The lowest BCUT2D eigenvalue weighted by Crippen LogP contribution is -2.12. The van der Waals surface area contributed by atoms with E-state index in [9.17, 15) is 4.79 Å². The second-order valence-electron chi connectivity index (χ2n) is 5.31. The van der Waals surface area contributed by atoms with Crippen molar-refractivity contribution in [2.45, 2.75) is 32.6 Å². The van der Waals surface area contributed by atoms with E-state index in [2.05, 4.69) is 24.4 Å². The van der Waals surface area contributed by atoms with Gasteiger partial charge in [0.15, 0.2) is 0 Å². The first kappa shape index (κ1) is 16.1. The fraction of sp³-hybridized carbons (Fsp3) is 0.316. The predicted octanol–water partition coefficient (Wildman–Crippen LogP) is 4.22. The third-order valence-corrected chi connectivity index (χ3v) is 3.59. The van der Waals surface area contributed by atoms with E-state index in [-0.39, 0.29) is 5.91 Å². The molecule has 0 saturated carbocycles. The second-order valence-corrected chi connectivity index (χ2v) is 5.31. The predicted molar refractivity (Wildman–Crippen MR) is 90.4 cm³/mol. The Morgan fingerprint density at radius 3 is 2.45 bits per heavy atom. The summed E-state index contributed by atoms with van der Waals surface area (Å²) >= 11 is 0. The molecule has 0 atom stereocenters. The van der Waals surface area contributed by atoms with Crippen LogP contribution in [0.1, 0.15) is 30.9 Å². The normalized spacial score (nSPS) is 10.3. The molecule has 0 aliphatic rings. The molecule has 0 radical (unpaired) electrons. The molecule has 0 saturated heterocycles. The monoisotopic (exact) mass is 297 g/mol. The molecule has 0 fully saturated rings. The molecule has 1 amide bonds. The maximum Gasteiger partial charge on any atom is 0.224 e. The van der Waals surface area contributed by atoms with E-state index in [4.69, 9.17) is 4.74 Å². The van der Waals surface area contributed by atoms with Crippen molar-refractivity contribution >= 4 is 11.6 Å². The molecule has 0 spiro atoms. The van der Waals surface area contributed by atoms with Gasteiger partial charge in [0.1, 0.15) is 5.75 Å². The van der Waals surface area contributed by atoms with Crippen LogP contribution in [0.4, 0.5) is 5.69 Å². The first-order valence-electron chi connectivity index (χ1n) is 7.73. The van der Waals surface area contributed by atoms with Crippen molar-refractivity contribution in [3.63, 3.8) is 0 Å². The van der Waals surface area contributed by atoms with Gasteiger partial charge < -0.3 is 10.1 Å². The van der Waals surface area contributed by atoms with Gasteiger partial charge in [-0.05, 0) is 42.2 Å². The fourth-order valence-corrected chi connectivity index (χ4v) is 2.42. The van der Waals surface area contributed by atoms with E-state index < -0.39 is 0 Å². The van der Waals surface area contributed by atoms with E-state index in [0.717, 1.165) is 29.8 Å². The number of hydrogen-bond acceptors (Lipinski definition) is 2. The zero-order valence-corrected chi connectivity index (χ0v) is 13.3. The molecule has 22 heavy (non-hydrogen) atoms. The molecule has 0 unspecified atom stereocenters. The Labute approximate surface area is 132 Å². The minimum Gasteiger partial charge on any atom is -0.496 e. The smallest absolute Gasteiger partial charge is 0.224 e. The molecular formula is C19H23NO2. The number of rotatable bonds is 7. The van der Waals surface area contributed by atoms with Gasteiger partial charge in [-0.3, -0.25) is 4.79 Å². The minimum absolute atomic E-state index is 0.0224. The van der Waals surface area contributed by atoms with Gasteiger partial charge in [-0.1, -0.05) is 43.7 Å². The van der Waals surface area contributed by atoms with Crippen LogP contribution < -0.4 is 10.1 Å². The Bertz CT molecular complexity index is 605. The van der Waals surface area contributed by atoms with Crippen molar-refractivity contribution in [2.24, 2.45) is 0 Å². The standard InChI is InChI=1S/C19H23NO2/c1-3-6-15-9-12-17(13-10-15)20-19(21)14-11-16-7-4-5-8-18(16)22-2/h4-5,7-10,12-13H,3,6,11,14H2,1-2H3,(H,20,21). The summed E-state index contributed by atoms with van der Waals surface area (Å²) in [6, 6.07) is 15.9. The van der Waals surface area contributed by atoms with Crippen LogP contribution in [0.2, 0.25) is 0 Å². The van der Waals surface area contributed by atoms with Gasteiger partial charge in [0.05, 0.1) is 7.11 Å². The summed E-state index contributed by atoms with van der Waals surface area (Å²) in [5.41, 5.74) is 3.21. The van der Waals surface area contributed by atoms with Crippen LogP contribution in [0, 0.1) is 0 Å². The second kappa shape index (κ2) is 8.23. The largest absolute Gasteiger partial charge is 0.496 e. The summed E-state index contributed by atoms with van der Waals surface area (Å²) in [6.07, 6.45) is 3.31. The van der Waals surface area contributed by atoms with Crippen LogP contribution in [-0.2, 0) is 17.6 Å². The summed E-state index contributed by atoms with van der Waals surface area (Å²) < 4.78 is 5.30. The Morgan fingerprint density at radius 2 is 1.77 bits per heavy atom. The van der Waals surface area contributed by atoms with Crippen LogP contribution in [0.15, 0.2) is 48.5 Å². The van der Waals surface area contributed by atoms with E-state index in [1.54, 1.807) is 7.11 Å². The van der Waals surface area contributed by atoms with E-state index >= 15 is 0 Å². The number of carbonyl (C=O) groups excluding carboxylic acids is 1. The van der Waals surface area contributed by atoms with Crippen LogP contribution in [0.25, 0.3) is 0 Å². The molecule has 2 aromatic carbocycles. The van der Waals surface area contributed by atoms with Gasteiger partial charge in [0.2, 0.25) is 5.91 Å². The highest BCUT2D eigenvalue weighted by atomic mass is 16.5. The highest BCUT2D eigenvalue weighted by Gasteiger charge is 2.06. The third kappa shape index (κ3) is 4.62. The van der Waals surface area contributed by atoms with Gasteiger partial charge in [0, 0.05) is 12.1 Å². The lowest BCUT2D eigenvalue weighted by atomic mass is 10.1. The van der Waals surface area contributed by atoms with Crippen molar-refractivity contribution in [2.75, 3.05) is 12.4 Å². The molecule has 2 rings (SSSR count). The summed E-state index contributed by atoms with van der Waals surface area (Å²) in [7, 11) is 1.65. The molecule has 116 valence electrons. The first-order chi connectivity index (χ1) is 10.7. The molecule has 3 heteroatoms. The lowest BCUT2D eigenvalue weighted by molar-refractivity contribution is -0.116. The maximum atomic E-state index is 12.0. The van der Waals surface area contributed by atoms with Gasteiger partial charge in [-0.2, -0.15) is 0 Å². The van der Waals surface area contributed by atoms with E-state index in [1.807, 2.05) is 36.4 Å². The molecule has 0 aliphatic heterocycles.